The number of nitrogens with zero attached hydrogens (tertiary/aromatic N) is 1. The number of benzene rings is 3. The highest BCUT2D eigenvalue weighted by Crippen LogP contribution is 2.43. The van der Waals surface area contributed by atoms with Crippen molar-refractivity contribution in [3.8, 4) is 34.3 Å². The molecule has 0 atom stereocenters. The Bertz CT molecular complexity index is 1720. The molecule has 1 N–H and O–H groups in total. The lowest BCUT2D eigenvalue weighted by molar-refractivity contribution is -0.686. The van der Waals surface area contributed by atoms with E-state index in [4.69, 9.17) is 36.5 Å². The lowest BCUT2D eigenvalue weighted by Crippen LogP contribution is -2.41. The maximum atomic E-state index is 8.63. The van der Waals surface area contributed by atoms with Crippen LogP contribution in [0.15, 0.2) is 54.7 Å². The maximum Gasteiger partial charge on any atom is 0.216 e. The van der Waals surface area contributed by atoms with Crippen molar-refractivity contribution in [1.29, 1.82) is 0 Å². The monoisotopic (exact) mass is 609 g/mol. The number of pyridine rings is 1. The number of ether oxygens (including phenoxy) is 4. The molecule has 0 saturated heterocycles. The van der Waals surface area contributed by atoms with Crippen molar-refractivity contribution in [1.82, 2.24) is 0 Å². The van der Waals surface area contributed by atoms with Gasteiger partial charge in [-0.3, -0.25) is 4.55 Å². The van der Waals surface area contributed by atoms with Crippen LogP contribution in [0.4, 0.5) is 0 Å². The average Bonchev–Trinajstić information content (AvgIpc) is 2.96. The standard InChI is InChI=1S/C33H38NO4.H2O4S/c1-8-24-25-13-14-28(35-5)32(38-20-21-9-11-23(12-10-21)33(2,3)4)27(25)19-34-16-15-22-17-29(36-6)30(37-7)18-26(22)31(24)34;1-5(2,3)4/h9-14,17-19H,8,15-16,20H2,1-7H3;(H2,1,2,3,4)/q+1;/p-1. The van der Waals surface area contributed by atoms with Gasteiger partial charge in [0.2, 0.25) is 16.1 Å². The molecule has 0 aliphatic carbocycles. The molecule has 2 heterocycles. The van der Waals surface area contributed by atoms with Crippen molar-refractivity contribution in [3.63, 3.8) is 0 Å². The number of fused-ring (bicyclic) bond motifs is 4. The minimum Gasteiger partial charge on any atom is -0.726 e. The van der Waals surface area contributed by atoms with Gasteiger partial charge in [0.1, 0.15) is 6.61 Å². The average molecular weight is 610 g/mol. The molecule has 3 aromatic carbocycles. The van der Waals surface area contributed by atoms with Crippen LogP contribution < -0.4 is 23.5 Å². The van der Waals surface area contributed by atoms with Crippen LogP contribution in [0.2, 0.25) is 0 Å². The van der Waals surface area contributed by atoms with Gasteiger partial charge in [0, 0.05) is 17.4 Å². The number of rotatable bonds is 7. The Kier molecular flexibility index (Phi) is 9.54. The van der Waals surface area contributed by atoms with Crippen molar-refractivity contribution >= 4 is 21.2 Å². The second-order valence-corrected chi connectivity index (χ2v) is 12.2. The molecule has 4 aromatic rings. The smallest absolute Gasteiger partial charge is 0.216 e. The van der Waals surface area contributed by atoms with Gasteiger partial charge in [-0.1, -0.05) is 52.0 Å². The van der Waals surface area contributed by atoms with Crippen LogP contribution in [-0.2, 0) is 41.8 Å². The van der Waals surface area contributed by atoms with E-state index < -0.39 is 10.4 Å². The van der Waals surface area contributed by atoms with Crippen LogP contribution in [0.5, 0.6) is 23.0 Å². The first kappa shape index (κ1) is 32.1. The predicted molar refractivity (Wildman–Crippen MR) is 164 cm³/mol. The number of methoxy groups -OCH3 is 3. The maximum absolute atomic E-state index is 8.63. The number of hydrogen-bond donors (Lipinski definition) is 1. The SMILES string of the molecule is CCc1c2[n+](cc3c(OCc4ccc(C(C)(C)C)cc4)c(OC)ccc13)CCc1cc(OC)c(OC)cc1-2.O=S(=O)([O-])O. The lowest BCUT2D eigenvalue weighted by atomic mass is 9.87. The van der Waals surface area contributed by atoms with E-state index in [0.717, 1.165) is 53.3 Å². The summed E-state index contributed by atoms with van der Waals surface area (Å²) < 4.78 is 58.7. The summed E-state index contributed by atoms with van der Waals surface area (Å²) in [6, 6.07) is 17.1. The fraction of sp³-hybridized carbons (Fsp3) is 0.364. The van der Waals surface area contributed by atoms with Gasteiger partial charge in [0.25, 0.3) is 0 Å². The number of hydrogen-bond acceptors (Lipinski definition) is 7. The molecule has 5 rings (SSSR count). The zero-order valence-electron chi connectivity index (χ0n) is 25.7. The van der Waals surface area contributed by atoms with E-state index in [9.17, 15) is 0 Å². The highest BCUT2D eigenvalue weighted by molar-refractivity contribution is 7.79. The highest BCUT2D eigenvalue weighted by Gasteiger charge is 2.31. The van der Waals surface area contributed by atoms with E-state index in [0.29, 0.717) is 6.61 Å². The highest BCUT2D eigenvalue weighted by atomic mass is 32.3. The number of aromatic nitrogens is 1. The molecule has 230 valence electrons. The zero-order chi connectivity index (χ0) is 31.5. The van der Waals surface area contributed by atoms with Gasteiger partial charge in [0.15, 0.2) is 35.7 Å². The van der Waals surface area contributed by atoms with Gasteiger partial charge >= 0.3 is 0 Å². The van der Waals surface area contributed by atoms with E-state index in [2.05, 4.69) is 80.9 Å². The fourth-order valence-electron chi connectivity index (χ4n) is 5.50. The Morgan fingerprint density at radius 1 is 0.907 bits per heavy atom. The molecule has 1 aliphatic heterocycles. The summed E-state index contributed by atoms with van der Waals surface area (Å²) in [5, 5.41) is 2.25. The lowest BCUT2D eigenvalue weighted by Gasteiger charge is -2.22. The molecule has 0 spiro atoms. The molecular formula is C33H39NO8S. The third kappa shape index (κ3) is 7.21. The van der Waals surface area contributed by atoms with Crippen LogP contribution in [0, 0.1) is 0 Å². The van der Waals surface area contributed by atoms with Gasteiger partial charge in [-0.05, 0) is 52.8 Å². The molecule has 0 bridgehead atoms. The van der Waals surface area contributed by atoms with E-state index in [1.54, 1.807) is 21.3 Å². The molecule has 9 nitrogen and oxygen atoms in total. The zero-order valence-corrected chi connectivity index (χ0v) is 26.5. The van der Waals surface area contributed by atoms with Gasteiger partial charge in [0.05, 0.1) is 32.3 Å². The van der Waals surface area contributed by atoms with Crippen LogP contribution in [0.25, 0.3) is 22.0 Å². The molecule has 10 heteroatoms. The summed E-state index contributed by atoms with van der Waals surface area (Å²) in [7, 11) is 0.164. The van der Waals surface area contributed by atoms with Crippen molar-refractivity contribution < 1.29 is 41.0 Å². The van der Waals surface area contributed by atoms with Crippen molar-refractivity contribution in [2.24, 2.45) is 0 Å². The van der Waals surface area contributed by atoms with Gasteiger partial charge in [-0.25, -0.2) is 8.42 Å². The molecule has 1 aliphatic rings. The van der Waals surface area contributed by atoms with Crippen molar-refractivity contribution in [3.05, 3.63) is 77.0 Å². The first-order chi connectivity index (χ1) is 20.3. The van der Waals surface area contributed by atoms with Gasteiger partial charge in [-0.2, -0.15) is 4.57 Å². The minimum atomic E-state index is -4.92. The first-order valence-corrected chi connectivity index (χ1v) is 15.4. The van der Waals surface area contributed by atoms with Crippen LogP contribution >= 0.6 is 0 Å². The first-order valence-electron chi connectivity index (χ1n) is 14.0. The van der Waals surface area contributed by atoms with Gasteiger partial charge in [-0.15, -0.1) is 0 Å². The summed E-state index contributed by atoms with van der Waals surface area (Å²) in [5.74, 6) is 3.05. The van der Waals surface area contributed by atoms with Gasteiger partial charge < -0.3 is 23.5 Å². The summed E-state index contributed by atoms with van der Waals surface area (Å²) in [6.45, 7) is 10.3. The van der Waals surface area contributed by atoms with Crippen LogP contribution in [-0.4, -0.2) is 38.9 Å². The summed E-state index contributed by atoms with van der Waals surface area (Å²) >= 11 is 0. The van der Waals surface area contributed by atoms with E-state index in [1.165, 1.54) is 33.3 Å². The summed E-state index contributed by atoms with van der Waals surface area (Å²) in [5.41, 5.74) is 7.57. The largest absolute Gasteiger partial charge is 0.726 e. The molecule has 0 amide bonds. The Hall–Kier alpha value is -3.86. The van der Waals surface area contributed by atoms with Crippen molar-refractivity contribution in [2.45, 2.75) is 59.1 Å². The molecular weight excluding hydrogens is 570 g/mol. The topological polar surface area (TPSA) is 118 Å². The van der Waals surface area contributed by atoms with Crippen molar-refractivity contribution in [2.75, 3.05) is 21.3 Å². The Morgan fingerprint density at radius 3 is 2.07 bits per heavy atom. The molecule has 0 saturated carbocycles. The van der Waals surface area contributed by atoms with E-state index in [1.807, 2.05) is 6.07 Å². The second kappa shape index (κ2) is 12.8. The van der Waals surface area contributed by atoms with E-state index in [-0.39, 0.29) is 5.41 Å². The molecule has 0 radical (unpaired) electrons. The molecule has 1 aromatic heterocycles. The second-order valence-electron chi connectivity index (χ2n) is 11.3. The normalized spacial score (nSPS) is 12.5. The fourth-order valence-corrected chi connectivity index (χ4v) is 5.50. The minimum absolute atomic E-state index is 0.124. The number of aryl methyl sites for hydroxylation is 3. The third-order valence-corrected chi connectivity index (χ3v) is 7.61. The molecule has 43 heavy (non-hydrogen) atoms. The molecule has 0 fully saturated rings. The van der Waals surface area contributed by atoms with Crippen LogP contribution in [0.3, 0.4) is 0 Å². The van der Waals surface area contributed by atoms with Crippen LogP contribution in [0.1, 0.15) is 49.9 Å². The summed E-state index contributed by atoms with van der Waals surface area (Å²) in [4.78, 5) is 0. The molecule has 0 unspecified atom stereocenters. The Labute approximate surface area is 253 Å². The Balaban J connectivity index is 0.000000782. The predicted octanol–water partition coefficient (Wildman–Crippen LogP) is 5.82. The Morgan fingerprint density at radius 2 is 1.51 bits per heavy atom. The quantitative estimate of drug-likeness (QED) is 0.158. The third-order valence-electron chi connectivity index (χ3n) is 7.61. The summed E-state index contributed by atoms with van der Waals surface area (Å²) in [6.07, 6.45) is 4.03. The van der Waals surface area contributed by atoms with E-state index >= 15 is 0 Å².